The summed E-state index contributed by atoms with van der Waals surface area (Å²) in [4.78, 5) is 0. The molecule has 2 rings (SSSR count). The lowest BCUT2D eigenvalue weighted by atomic mass is 10.1. The van der Waals surface area contributed by atoms with Crippen molar-refractivity contribution >= 4 is 5.69 Å². The minimum atomic E-state index is -0.761. The number of halogens is 1. The van der Waals surface area contributed by atoms with Gasteiger partial charge in [-0.2, -0.15) is 0 Å². The summed E-state index contributed by atoms with van der Waals surface area (Å²) < 4.78 is 13.1. The Kier molecular flexibility index (Phi) is 3.33. The lowest BCUT2D eigenvalue weighted by Crippen LogP contribution is -2.00. The highest BCUT2D eigenvalue weighted by Gasteiger charge is 2.10. The van der Waals surface area contributed by atoms with Gasteiger partial charge in [0, 0.05) is 23.9 Å². The molecule has 0 fully saturated rings. The van der Waals surface area contributed by atoms with Crippen LogP contribution in [0.5, 0.6) is 23.0 Å². The Morgan fingerprint density at radius 3 is 2.26 bits per heavy atom. The van der Waals surface area contributed by atoms with E-state index in [4.69, 9.17) is 10.2 Å². The van der Waals surface area contributed by atoms with Crippen LogP contribution in [0.15, 0.2) is 30.3 Å². The third kappa shape index (κ3) is 2.62. The molecule has 0 saturated heterocycles. The van der Waals surface area contributed by atoms with Crippen molar-refractivity contribution in [3.05, 3.63) is 41.7 Å². The van der Waals surface area contributed by atoms with Crippen LogP contribution in [0.3, 0.4) is 0 Å². The smallest absolute Gasteiger partial charge is 0.200 e. The topological polar surface area (TPSA) is 93.0 Å². The molecule has 5 N–H and O–H groups in total. The zero-order chi connectivity index (χ0) is 14.0. The normalized spacial score (nSPS) is 10.4. The number of rotatable bonds is 3. The van der Waals surface area contributed by atoms with Gasteiger partial charge >= 0.3 is 0 Å². The molecule has 0 aliphatic rings. The number of aromatic hydroxyl groups is 4. The fraction of sp³-hybridized carbons (Fsp3) is 0.0769. The van der Waals surface area contributed by atoms with Crippen LogP contribution in [0, 0.1) is 5.82 Å². The Hall–Kier alpha value is -2.63. The summed E-state index contributed by atoms with van der Waals surface area (Å²) in [5, 5.41) is 40.0. The molecule has 5 nitrogen and oxygen atoms in total. The molecule has 2 aromatic carbocycles. The molecule has 100 valence electrons. The molecular weight excluding hydrogens is 253 g/mol. The molecule has 0 amide bonds. The maximum absolute atomic E-state index is 13.1. The van der Waals surface area contributed by atoms with Crippen molar-refractivity contribution in [3.63, 3.8) is 0 Å². The molecule has 19 heavy (non-hydrogen) atoms. The van der Waals surface area contributed by atoms with Crippen molar-refractivity contribution < 1.29 is 24.8 Å². The minimum absolute atomic E-state index is 0.115. The van der Waals surface area contributed by atoms with E-state index in [0.29, 0.717) is 11.3 Å². The molecular formula is C13H12FNO4. The van der Waals surface area contributed by atoms with E-state index >= 15 is 0 Å². The van der Waals surface area contributed by atoms with Crippen LogP contribution < -0.4 is 5.32 Å². The van der Waals surface area contributed by atoms with Gasteiger partial charge in [-0.3, -0.25) is 0 Å². The van der Waals surface area contributed by atoms with Gasteiger partial charge in [-0.25, -0.2) is 4.39 Å². The molecule has 0 spiro atoms. The van der Waals surface area contributed by atoms with Crippen LogP contribution in [-0.2, 0) is 6.54 Å². The molecule has 0 aliphatic carbocycles. The van der Waals surface area contributed by atoms with Crippen LogP contribution >= 0.6 is 0 Å². The first-order chi connectivity index (χ1) is 8.99. The van der Waals surface area contributed by atoms with Crippen LogP contribution in [0.4, 0.5) is 10.1 Å². The summed E-state index contributed by atoms with van der Waals surface area (Å²) in [6.07, 6.45) is 0. The highest BCUT2D eigenvalue weighted by Crippen LogP contribution is 2.37. The van der Waals surface area contributed by atoms with Crippen LogP contribution in [0.2, 0.25) is 0 Å². The average Bonchev–Trinajstić information content (AvgIpc) is 2.39. The first-order valence-electron chi connectivity index (χ1n) is 5.44. The zero-order valence-electron chi connectivity index (χ0n) is 9.76. The second-order valence-electron chi connectivity index (χ2n) is 3.96. The van der Waals surface area contributed by atoms with E-state index in [-0.39, 0.29) is 6.54 Å². The Balaban J connectivity index is 2.14. The molecule has 2 aromatic rings. The van der Waals surface area contributed by atoms with Crippen molar-refractivity contribution in [1.82, 2.24) is 0 Å². The number of nitrogens with one attached hydrogen (secondary N) is 1. The van der Waals surface area contributed by atoms with Gasteiger partial charge in [-0.1, -0.05) is 0 Å². The fourth-order valence-electron chi connectivity index (χ4n) is 1.57. The van der Waals surface area contributed by atoms with E-state index in [1.54, 1.807) is 0 Å². The van der Waals surface area contributed by atoms with Gasteiger partial charge in [0.1, 0.15) is 0 Å². The highest BCUT2D eigenvalue weighted by molar-refractivity contribution is 5.55. The summed E-state index contributed by atoms with van der Waals surface area (Å²) in [7, 11) is 0. The van der Waals surface area contributed by atoms with Crippen LogP contribution in [-0.4, -0.2) is 20.4 Å². The highest BCUT2D eigenvalue weighted by atomic mass is 19.1. The van der Waals surface area contributed by atoms with Crippen molar-refractivity contribution in [2.24, 2.45) is 0 Å². The number of anilines is 1. The van der Waals surface area contributed by atoms with Crippen molar-refractivity contribution in [2.45, 2.75) is 6.54 Å². The summed E-state index contributed by atoms with van der Waals surface area (Å²) in [5.74, 6) is -2.67. The van der Waals surface area contributed by atoms with E-state index in [0.717, 1.165) is 6.07 Å². The molecule has 0 atom stereocenters. The Morgan fingerprint density at radius 1 is 0.895 bits per heavy atom. The van der Waals surface area contributed by atoms with Gasteiger partial charge in [-0.15, -0.1) is 0 Å². The fourth-order valence-corrected chi connectivity index (χ4v) is 1.57. The minimum Gasteiger partial charge on any atom is -0.505 e. The van der Waals surface area contributed by atoms with E-state index in [9.17, 15) is 14.6 Å². The third-order valence-corrected chi connectivity index (χ3v) is 2.64. The van der Waals surface area contributed by atoms with Crippen molar-refractivity contribution in [1.29, 1.82) is 0 Å². The summed E-state index contributed by atoms with van der Waals surface area (Å²) >= 11 is 0. The summed E-state index contributed by atoms with van der Waals surface area (Å²) in [6.45, 7) is 0.115. The number of benzene rings is 2. The zero-order valence-corrected chi connectivity index (χ0v) is 9.76. The Morgan fingerprint density at radius 2 is 1.58 bits per heavy atom. The molecule has 6 heteroatoms. The third-order valence-electron chi connectivity index (χ3n) is 2.64. The van der Waals surface area contributed by atoms with Gasteiger partial charge in [-0.05, 0) is 24.3 Å². The number of hydrogen-bond acceptors (Lipinski definition) is 5. The second-order valence-corrected chi connectivity index (χ2v) is 3.96. The summed E-state index contributed by atoms with van der Waals surface area (Å²) in [6, 6.07) is 6.44. The molecule has 0 saturated carbocycles. The second kappa shape index (κ2) is 4.93. The van der Waals surface area contributed by atoms with E-state index in [2.05, 4.69) is 5.32 Å². The summed E-state index contributed by atoms with van der Waals surface area (Å²) in [5.41, 5.74) is 0.742. The predicted octanol–water partition coefficient (Wildman–Crippen LogP) is 2.26. The van der Waals surface area contributed by atoms with Gasteiger partial charge < -0.3 is 25.7 Å². The quantitative estimate of drug-likeness (QED) is 0.433. The maximum atomic E-state index is 13.1. The standard InChI is InChI=1S/C13H12FNO4/c14-9-5-8(2-4-10(9)16)15-6-7-1-3-11(17)13(19)12(7)18/h1-5,15-19H,6H2. The van der Waals surface area contributed by atoms with Gasteiger partial charge in [0.05, 0.1) is 0 Å². The Labute approximate surface area is 108 Å². The SMILES string of the molecule is Oc1ccc(NCc2ccc(O)c(O)c2O)cc1F. The molecule has 0 aliphatic heterocycles. The lowest BCUT2D eigenvalue weighted by molar-refractivity contribution is 0.365. The lowest BCUT2D eigenvalue weighted by Gasteiger charge is -2.10. The van der Waals surface area contributed by atoms with E-state index < -0.39 is 28.8 Å². The Bertz CT molecular complexity index is 616. The van der Waals surface area contributed by atoms with E-state index in [1.807, 2.05) is 0 Å². The van der Waals surface area contributed by atoms with Crippen molar-refractivity contribution in [2.75, 3.05) is 5.32 Å². The van der Waals surface area contributed by atoms with Crippen LogP contribution in [0.1, 0.15) is 5.56 Å². The first kappa shape index (κ1) is 12.8. The molecule has 0 radical (unpaired) electrons. The van der Waals surface area contributed by atoms with Crippen molar-refractivity contribution in [3.8, 4) is 23.0 Å². The van der Waals surface area contributed by atoms with Gasteiger partial charge in [0.25, 0.3) is 0 Å². The maximum Gasteiger partial charge on any atom is 0.200 e. The number of hydrogen-bond donors (Lipinski definition) is 5. The molecule has 0 heterocycles. The molecule has 0 unspecified atom stereocenters. The number of phenolic OH excluding ortho intramolecular Hbond substituents is 4. The largest absolute Gasteiger partial charge is 0.505 e. The molecule has 0 aromatic heterocycles. The molecule has 0 bridgehead atoms. The average molecular weight is 265 g/mol. The monoisotopic (exact) mass is 265 g/mol. The predicted molar refractivity (Wildman–Crippen MR) is 66.8 cm³/mol. The first-order valence-corrected chi connectivity index (χ1v) is 5.44. The van der Waals surface area contributed by atoms with E-state index in [1.165, 1.54) is 24.3 Å². The van der Waals surface area contributed by atoms with Gasteiger partial charge in [0.2, 0.25) is 5.75 Å². The van der Waals surface area contributed by atoms with Crippen LogP contribution in [0.25, 0.3) is 0 Å². The van der Waals surface area contributed by atoms with Gasteiger partial charge in [0.15, 0.2) is 23.1 Å². The number of phenols is 4.